The van der Waals surface area contributed by atoms with Gasteiger partial charge in [0, 0.05) is 36.5 Å². The van der Waals surface area contributed by atoms with Crippen LogP contribution in [0.1, 0.15) is 269 Å². The van der Waals surface area contributed by atoms with Crippen molar-refractivity contribution in [3.05, 3.63) is 35.5 Å². The Hall–Kier alpha value is -1.47. The van der Waals surface area contributed by atoms with Gasteiger partial charge >= 0.3 is 0 Å². The summed E-state index contributed by atoms with van der Waals surface area (Å²) in [5.41, 5.74) is 5.04. The van der Waals surface area contributed by atoms with Gasteiger partial charge in [0.1, 0.15) is 0 Å². The van der Waals surface area contributed by atoms with E-state index in [4.69, 9.17) is 42.6 Å². The van der Waals surface area contributed by atoms with Crippen LogP contribution >= 0.6 is 0 Å². The van der Waals surface area contributed by atoms with Gasteiger partial charge in [0.2, 0.25) is 0 Å². The second-order valence-electron chi connectivity index (χ2n) is 40.8. The summed E-state index contributed by atoms with van der Waals surface area (Å²) in [6.07, 6.45) is 49.1. The van der Waals surface area contributed by atoms with Crippen LogP contribution in [0.25, 0.3) is 0 Å². The van der Waals surface area contributed by atoms with Crippen molar-refractivity contribution in [1.29, 1.82) is 0 Å². The molecule has 5 heterocycles. The highest BCUT2D eigenvalue weighted by Gasteiger charge is 2.79. The molecule has 5 saturated heterocycles. The van der Waals surface area contributed by atoms with E-state index in [2.05, 4.69) is 107 Å². The summed E-state index contributed by atoms with van der Waals surface area (Å²) in [4.78, 5) is 13.5. The molecule has 0 radical (unpaired) electrons. The minimum atomic E-state index is -0.643. The van der Waals surface area contributed by atoms with Gasteiger partial charge in [-0.05, 0) is 289 Å². The smallest absolute Gasteiger partial charge is 0.181 e. The summed E-state index contributed by atoms with van der Waals surface area (Å²) in [5, 5.41) is 0. The van der Waals surface area contributed by atoms with Gasteiger partial charge in [0.05, 0.1) is 75.9 Å². The van der Waals surface area contributed by atoms with Crippen LogP contribution in [-0.2, 0) is 47.4 Å². The maximum Gasteiger partial charge on any atom is 0.181 e. The van der Waals surface area contributed by atoms with Gasteiger partial charge in [0.15, 0.2) is 28.9 Å². The van der Waals surface area contributed by atoms with E-state index in [1.54, 1.807) is 0 Å². The predicted octanol–water partition coefficient (Wildman–Crippen LogP) is 19.4. The lowest BCUT2D eigenvalue weighted by Gasteiger charge is -2.59. The number of rotatable bonds is 0. The molecule has 18 fully saturated rings. The lowest BCUT2D eigenvalue weighted by atomic mass is 9.44. The number of allylic oxidation sites excluding steroid dienone is 5. The zero-order chi connectivity index (χ0) is 67.6. The topological polar surface area (TPSA) is 103 Å². The Balaban J connectivity index is 0.0000000947. The van der Waals surface area contributed by atoms with Gasteiger partial charge in [-0.25, -0.2) is 0 Å². The molecule has 5 aliphatic heterocycles. The Morgan fingerprint density at radius 3 is 1.50 bits per heavy atom. The van der Waals surface area contributed by atoms with E-state index >= 15 is 0 Å². The van der Waals surface area contributed by atoms with Crippen LogP contribution in [0.4, 0.5) is 0 Å². The predicted molar refractivity (Wildman–Crippen MR) is 382 cm³/mol. The lowest BCUT2D eigenvalue weighted by molar-refractivity contribution is -0.242. The first-order chi connectivity index (χ1) is 46.9. The Morgan fingerprint density at radius 1 is 0.408 bits per heavy atom. The van der Waals surface area contributed by atoms with Gasteiger partial charge in [-0.1, -0.05) is 118 Å². The highest BCUT2D eigenvalue weighted by molar-refractivity contribution is 5.98. The fourth-order valence-corrected chi connectivity index (χ4v) is 31.5. The number of hydrogen-bond donors (Lipinski definition) is 0. The van der Waals surface area contributed by atoms with Crippen molar-refractivity contribution < 1.29 is 47.4 Å². The third-order valence-electron chi connectivity index (χ3n) is 37.2. The third kappa shape index (κ3) is 9.40. The standard InChI is InChI=1S/C22H34O3.C22H32O3.2C22H34O2/c1-13-6-8-20(2)14(12-13)4-5-15-16-7-9-22(23-10-11-24-22)21(16,3)19-18(25-19)17(15)20;1-14-6-8-20(2)15(12-14)4-5-16-17-7-9-22(24-10-11-25-22)21(17,3)19(23)13-18(16)20;2*1-15-6-9-20(2)16(14-15)4-5-17-18(20)7-10-21(3)19(17)8-11-22(21)23-12-13-24-22/h13-19H,4-12H2,1-3H3;13-17H,4-12H2,1-3H3;7,15-17,19H,4-6,8-14H2,1-3H3;7,10,15-19H,4-6,8-9,11-14H2,1-3H3/t13-,14-,15?,16?,17?,18+,19+,20+,21-;14-,15-,16?,17?,20+,21-;15-,16-,17?,19?,20+,21+;15-,16-,17?,18?,19?,20+,21+/m1111/s1. The molecule has 10 heteroatoms. The Labute approximate surface area is 592 Å². The molecule has 0 bridgehead atoms. The molecular formula is C88H134O10. The Bertz CT molecular complexity index is 3140. The average Bonchev–Trinajstić information content (AvgIpc) is 1.49. The van der Waals surface area contributed by atoms with E-state index in [1.807, 2.05) is 5.57 Å². The molecule has 28 atom stereocenters. The number of carbonyl (C=O) groups is 1. The van der Waals surface area contributed by atoms with Gasteiger partial charge in [0.25, 0.3) is 0 Å². The van der Waals surface area contributed by atoms with Crippen molar-refractivity contribution in [2.75, 3.05) is 52.9 Å². The van der Waals surface area contributed by atoms with Gasteiger partial charge in [-0.15, -0.1) is 0 Å². The molecular weight excluding hydrogens is 1220 g/mol. The fourth-order valence-electron chi connectivity index (χ4n) is 31.5. The van der Waals surface area contributed by atoms with Crippen LogP contribution < -0.4 is 0 Å². The van der Waals surface area contributed by atoms with E-state index in [0.717, 1.165) is 166 Å². The summed E-state index contributed by atoms with van der Waals surface area (Å²) in [5.74, 6) is 13.2. The number of hydrogen-bond acceptors (Lipinski definition) is 10. The summed E-state index contributed by atoms with van der Waals surface area (Å²) in [6, 6.07) is 0. The van der Waals surface area contributed by atoms with E-state index in [0.29, 0.717) is 53.5 Å². The number of epoxide rings is 1. The summed E-state index contributed by atoms with van der Waals surface area (Å²) < 4.78 is 56.3. The number of ether oxygens (including phenoxy) is 9. The lowest BCUT2D eigenvalue weighted by Crippen LogP contribution is -2.60. The third-order valence-corrected chi connectivity index (χ3v) is 37.2. The maximum absolute atomic E-state index is 13.5. The molecule has 0 amide bonds. The molecule has 0 N–H and O–H groups in total. The summed E-state index contributed by atoms with van der Waals surface area (Å²) in [6.45, 7) is 35.6. The second-order valence-corrected chi connectivity index (χ2v) is 40.8. The molecule has 0 aromatic heterocycles. The van der Waals surface area contributed by atoms with Crippen LogP contribution in [-0.4, -0.2) is 94.0 Å². The van der Waals surface area contributed by atoms with Gasteiger partial charge < -0.3 is 42.6 Å². The van der Waals surface area contributed by atoms with Crippen LogP contribution in [0.15, 0.2) is 35.5 Å². The van der Waals surface area contributed by atoms with E-state index in [1.165, 1.54) is 160 Å². The first-order valence-electron chi connectivity index (χ1n) is 42.3. The molecule has 4 spiro atoms. The van der Waals surface area contributed by atoms with Crippen LogP contribution in [0.5, 0.6) is 0 Å². The normalized spacial score (nSPS) is 55.0. The molecule has 21 aliphatic rings. The van der Waals surface area contributed by atoms with E-state index < -0.39 is 11.2 Å². The highest BCUT2D eigenvalue weighted by Crippen LogP contribution is 2.76. The fraction of sp³-hybridized carbons (Fsp3) is 0.920. The molecule has 98 heavy (non-hydrogen) atoms. The SMILES string of the molecule is C[C@@H]1CC[C@]2(C)C3=CC(=O)[C@@]4(C)C(CCC45OCCO5)C3CC[C@@H]2C1.C[C@@H]1CC[C@]2(C)C3=CC[C@@]4(C)C(CCC45OCCO5)C3CC[C@@H]2C1.C[C@@H]1CC[C@]2(C)C3C(CC[C@@H]2C1)C1CCC2(OCCO2)[C@@]1(C)[C@H]1O[C@@H]31.C[C@@H]1CC[C@]2(C)C3C=C[C@@]4(C)C(CCC45OCCO5)C3CC[C@@H]2C1. The summed E-state index contributed by atoms with van der Waals surface area (Å²) >= 11 is 0. The Morgan fingerprint density at radius 2 is 0.867 bits per heavy atom. The number of ketones is 1. The second kappa shape index (κ2) is 23.8. The van der Waals surface area contributed by atoms with E-state index in [9.17, 15) is 4.79 Å². The number of fused-ring (bicyclic) bond motifs is 27. The van der Waals surface area contributed by atoms with Crippen molar-refractivity contribution in [3.8, 4) is 0 Å². The highest BCUT2D eigenvalue weighted by atomic mass is 16.8. The zero-order valence-corrected chi connectivity index (χ0v) is 63.6. The van der Waals surface area contributed by atoms with Crippen LogP contribution in [0.2, 0.25) is 0 Å². The monoisotopic (exact) mass is 1350 g/mol. The molecule has 21 rings (SSSR count). The first-order valence-corrected chi connectivity index (χ1v) is 42.3. The molecule has 546 valence electrons. The average molecular weight is 1350 g/mol. The van der Waals surface area contributed by atoms with Crippen molar-refractivity contribution in [2.24, 2.45) is 150 Å². The van der Waals surface area contributed by atoms with Gasteiger partial charge in [-0.3, -0.25) is 4.79 Å². The molecule has 10 nitrogen and oxygen atoms in total. The summed E-state index contributed by atoms with van der Waals surface area (Å²) in [7, 11) is 0. The zero-order valence-electron chi connectivity index (χ0n) is 63.6. The van der Waals surface area contributed by atoms with Crippen molar-refractivity contribution >= 4 is 5.78 Å². The first kappa shape index (κ1) is 68.3. The van der Waals surface area contributed by atoms with Gasteiger partial charge in [-0.2, -0.15) is 0 Å². The maximum atomic E-state index is 13.5. The van der Waals surface area contributed by atoms with Crippen molar-refractivity contribution in [1.82, 2.24) is 0 Å². The molecule has 13 saturated carbocycles. The minimum absolute atomic E-state index is 0.0838. The van der Waals surface area contributed by atoms with Crippen LogP contribution in [0, 0.1) is 150 Å². The van der Waals surface area contributed by atoms with Crippen LogP contribution in [0.3, 0.4) is 0 Å². The quantitative estimate of drug-likeness (QED) is 0.172. The van der Waals surface area contributed by atoms with Crippen molar-refractivity contribution in [3.63, 3.8) is 0 Å². The number of carbonyl (C=O) groups excluding carboxylic acids is 1. The minimum Gasteiger partial charge on any atom is -0.368 e. The molecule has 0 aromatic rings. The molecule has 10 unspecified atom stereocenters. The van der Waals surface area contributed by atoms with Crippen molar-refractivity contribution in [2.45, 2.75) is 305 Å². The largest absolute Gasteiger partial charge is 0.368 e. The molecule has 16 aliphatic carbocycles. The Kier molecular flexibility index (Phi) is 16.6. The molecule has 0 aromatic carbocycles. The van der Waals surface area contributed by atoms with E-state index in [-0.39, 0.29) is 44.8 Å².